The highest BCUT2D eigenvalue weighted by molar-refractivity contribution is 7.09. The van der Waals surface area contributed by atoms with Gasteiger partial charge in [0.15, 0.2) is 0 Å². The number of hydrogen-bond acceptors (Lipinski definition) is 4. The number of aromatic nitrogens is 1. The predicted molar refractivity (Wildman–Crippen MR) is 66.3 cm³/mol. The topological polar surface area (TPSA) is 50.9 Å². The zero-order chi connectivity index (χ0) is 11.3. The molecule has 1 rings (SSSR count). The molecule has 3 nitrogen and oxygen atoms in total. The Morgan fingerprint density at radius 1 is 1.53 bits per heavy atom. The number of nitrogens with one attached hydrogen (secondary N) is 1. The molecule has 0 aliphatic carbocycles. The third kappa shape index (κ3) is 4.73. The molecule has 0 aliphatic rings. The van der Waals surface area contributed by atoms with Crippen LogP contribution in [0.25, 0.3) is 0 Å². The van der Waals surface area contributed by atoms with Gasteiger partial charge in [-0.25, -0.2) is 4.98 Å². The monoisotopic (exact) mass is 227 g/mol. The van der Waals surface area contributed by atoms with E-state index in [2.05, 4.69) is 29.5 Å². The van der Waals surface area contributed by atoms with Gasteiger partial charge in [-0.3, -0.25) is 0 Å². The molecule has 86 valence electrons. The Bertz CT molecular complexity index is 294. The smallest absolute Gasteiger partial charge is 0.0897 e. The first-order valence-corrected chi connectivity index (χ1v) is 6.23. The molecule has 0 saturated heterocycles. The van der Waals surface area contributed by atoms with Crippen molar-refractivity contribution in [2.75, 3.05) is 19.6 Å². The average molecular weight is 227 g/mol. The molecule has 0 bridgehead atoms. The average Bonchev–Trinajstić information content (AvgIpc) is 2.59. The van der Waals surface area contributed by atoms with Gasteiger partial charge in [-0.05, 0) is 18.9 Å². The highest BCUT2D eigenvalue weighted by Gasteiger charge is 2.14. The molecule has 0 radical (unpaired) electrons. The van der Waals surface area contributed by atoms with Crippen molar-refractivity contribution in [3.05, 3.63) is 16.1 Å². The molecule has 0 amide bonds. The molecule has 1 heterocycles. The summed E-state index contributed by atoms with van der Waals surface area (Å²) in [5, 5.41) is 6.69. The van der Waals surface area contributed by atoms with Crippen molar-refractivity contribution in [2.45, 2.75) is 27.2 Å². The van der Waals surface area contributed by atoms with Gasteiger partial charge in [0.1, 0.15) is 0 Å². The van der Waals surface area contributed by atoms with Crippen molar-refractivity contribution >= 4 is 11.3 Å². The maximum atomic E-state index is 5.65. The minimum atomic E-state index is 0.192. The largest absolute Gasteiger partial charge is 0.330 e. The number of rotatable bonds is 6. The van der Waals surface area contributed by atoms with E-state index >= 15 is 0 Å². The van der Waals surface area contributed by atoms with Gasteiger partial charge in [-0.1, -0.05) is 13.8 Å². The Hall–Kier alpha value is -0.450. The second-order valence-corrected chi connectivity index (χ2v) is 5.72. The highest BCUT2D eigenvalue weighted by Crippen LogP contribution is 2.10. The molecule has 0 unspecified atom stereocenters. The molecule has 1 aromatic rings. The van der Waals surface area contributed by atoms with Crippen LogP contribution in [0.4, 0.5) is 0 Å². The number of nitrogens with two attached hydrogens (primary N) is 1. The molecular weight excluding hydrogens is 206 g/mol. The Balaban J connectivity index is 2.17. The summed E-state index contributed by atoms with van der Waals surface area (Å²) in [5.41, 5.74) is 7.04. The lowest BCUT2D eigenvalue weighted by molar-refractivity contribution is 0.353. The fraction of sp³-hybridized carbons (Fsp3) is 0.727. The van der Waals surface area contributed by atoms with Gasteiger partial charge < -0.3 is 11.1 Å². The van der Waals surface area contributed by atoms with Gasteiger partial charge in [-0.15, -0.1) is 11.3 Å². The highest BCUT2D eigenvalue weighted by atomic mass is 32.1. The van der Waals surface area contributed by atoms with Crippen LogP contribution in [0.1, 0.15) is 24.5 Å². The summed E-state index contributed by atoms with van der Waals surface area (Å²) < 4.78 is 0. The lowest BCUT2D eigenvalue weighted by Crippen LogP contribution is -2.36. The number of aryl methyl sites for hydroxylation is 1. The summed E-state index contributed by atoms with van der Waals surface area (Å²) in [6.45, 7) is 9.05. The van der Waals surface area contributed by atoms with Gasteiger partial charge in [0.05, 0.1) is 10.7 Å². The molecule has 1 aromatic heterocycles. The van der Waals surface area contributed by atoms with Gasteiger partial charge in [0.2, 0.25) is 0 Å². The van der Waals surface area contributed by atoms with E-state index in [-0.39, 0.29) is 5.41 Å². The zero-order valence-electron chi connectivity index (χ0n) is 9.84. The van der Waals surface area contributed by atoms with Crippen molar-refractivity contribution in [1.29, 1.82) is 0 Å². The summed E-state index contributed by atoms with van der Waals surface area (Å²) >= 11 is 1.71. The molecule has 0 fully saturated rings. The zero-order valence-corrected chi connectivity index (χ0v) is 10.7. The quantitative estimate of drug-likeness (QED) is 0.725. The van der Waals surface area contributed by atoms with E-state index in [0.29, 0.717) is 0 Å². The van der Waals surface area contributed by atoms with Crippen molar-refractivity contribution in [1.82, 2.24) is 10.3 Å². The molecule has 15 heavy (non-hydrogen) atoms. The van der Waals surface area contributed by atoms with Crippen molar-refractivity contribution in [3.63, 3.8) is 0 Å². The van der Waals surface area contributed by atoms with Crippen LogP contribution in [-0.4, -0.2) is 24.6 Å². The molecular formula is C11H21N3S. The Morgan fingerprint density at radius 2 is 2.27 bits per heavy atom. The first-order valence-electron chi connectivity index (χ1n) is 5.35. The first kappa shape index (κ1) is 12.6. The molecule has 0 aliphatic heterocycles. The van der Waals surface area contributed by atoms with Crippen LogP contribution in [0.15, 0.2) is 5.38 Å². The van der Waals surface area contributed by atoms with Crippen molar-refractivity contribution in [3.8, 4) is 0 Å². The van der Waals surface area contributed by atoms with E-state index in [1.54, 1.807) is 11.3 Å². The SMILES string of the molecule is Cc1nc(CCNCC(C)(C)CN)cs1. The second-order valence-electron chi connectivity index (χ2n) is 4.65. The molecule has 0 aromatic carbocycles. The van der Waals surface area contributed by atoms with E-state index in [9.17, 15) is 0 Å². The van der Waals surface area contributed by atoms with Crippen LogP contribution in [0.5, 0.6) is 0 Å². The lowest BCUT2D eigenvalue weighted by Gasteiger charge is -2.22. The first-order chi connectivity index (χ1) is 7.03. The molecule has 4 heteroatoms. The fourth-order valence-electron chi connectivity index (χ4n) is 1.24. The third-order valence-corrected chi connectivity index (χ3v) is 3.20. The minimum Gasteiger partial charge on any atom is -0.330 e. The van der Waals surface area contributed by atoms with Gasteiger partial charge in [-0.2, -0.15) is 0 Å². The van der Waals surface area contributed by atoms with Crippen molar-refractivity contribution in [2.24, 2.45) is 11.1 Å². The van der Waals surface area contributed by atoms with Crippen LogP contribution in [0.2, 0.25) is 0 Å². The predicted octanol–water partition coefficient (Wildman–Crippen LogP) is 1.57. The molecule has 0 spiro atoms. The summed E-state index contributed by atoms with van der Waals surface area (Å²) in [5.74, 6) is 0. The maximum absolute atomic E-state index is 5.65. The summed E-state index contributed by atoms with van der Waals surface area (Å²) in [6.07, 6.45) is 1.00. The Morgan fingerprint density at radius 3 is 2.80 bits per heavy atom. The Kier molecular flexibility index (Phi) is 4.70. The fourth-order valence-corrected chi connectivity index (χ4v) is 1.89. The Labute approximate surface area is 96.1 Å². The molecule has 3 N–H and O–H groups in total. The number of hydrogen-bond donors (Lipinski definition) is 2. The van der Waals surface area contributed by atoms with E-state index in [4.69, 9.17) is 5.73 Å². The number of thiazole rings is 1. The van der Waals surface area contributed by atoms with E-state index in [1.807, 2.05) is 6.92 Å². The second kappa shape index (κ2) is 5.58. The minimum absolute atomic E-state index is 0.192. The van der Waals surface area contributed by atoms with E-state index in [0.717, 1.165) is 31.1 Å². The van der Waals surface area contributed by atoms with Crippen LogP contribution >= 0.6 is 11.3 Å². The molecule has 0 atom stereocenters. The normalized spacial score (nSPS) is 12.0. The van der Waals surface area contributed by atoms with Crippen molar-refractivity contribution < 1.29 is 0 Å². The number of nitrogens with zero attached hydrogens (tertiary/aromatic N) is 1. The maximum Gasteiger partial charge on any atom is 0.0897 e. The van der Waals surface area contributed by atoms with E-state index in [1.165, 1.54) is 5.69 Å². The summed E-state index contributed by atoms with van der Waals surface area (Å²) in [7, 11) is 0. The van der Waals surface area contributed by atoms with Crippen LogP contribution in [-0.2, 0) is 6.42 Å². The standard InChI is InChI=1S/C11H21N3S/c1-9-14-10(6-15-9)4-5-13-8-11(2,3)7-12/h6,13H,4-5,7-8,12H2,1-3H3. The lowest BCUT2D eigenvalue weighted by atomic mass is 9.94. The summed E-state index contributed by atoms with van der Waals surface area (Å²) in [4.78, 5) is 4.42. The van der Waals surface area contributed by atoms with Gasteiger partial charge in [0, 0.05) is 24.9 Å². The summed E-state index contributed by atoms with van der Waals surface area (Å²) in [6, 6.07) is 0. The van der Waals surface area contributed by atoms with Gasteiger partial charge in [0.25, 0.3) is 0 Å². The van der Waals surface area contributed by atoms with Crippen LogP contribution in [0, 0.1) is 12.3 Å². The van der Waals surface area contributed by atoms with Crippen LogP contribution in [0.3, 0.4) is 0 Å². The van der Waals surface area contributed by atoms with Gasteiger partial charge >= 0.3 is 0 Å². The van der Waals surface area contributed by atoms with E-state index < -0.39 is 0 Å². The molecule has 0 saturated carbocycles. The van der Waals surface area contributed by atoms with Crippen LogP contribution < -0.4 is 11.1 Å². The third-order valence-electron chi connectivity index (χ3n) is 2.38.